The first-order valence-electron chi connectivity index (χ1n) is 7.16. The SMILES string of the molecule is B[C@@H]1O[C@@]23CO[C@@H]1C2(N=[N+]=[N-])C3O[Si](C)(C)C(C)(C)C. The lowest BCUT2D eigenvalue weighted by molar-refractivity contribution is -0.130. The summed E-state index contributed by atoms with van der Waals surface area (Å²) >= 11 is 0. The van der Waals surface area contributed by atoms with E-state index in [-0.39, 0.29) is 23.2 Å². The Bertz CT molecular complexity index is 505. The fourth-order valence-electron chi connectivity index (χ4n) is 3.40. The van der Waals surface area contributed by atoms with E-state index in [1.54, 1.807) is 0 Å². The Balaban J connectivity index is 1.90. The van der Waals surface area contributed by atoms with Crippen LogP contribution in [0.3, 0.4) is 0 Å². The average Bonchev–Trinajstić information content (AvgIpc) is 2.61. The lowest BCUT2D eigenvalue weighted by Crippen LogP contribution is -2.49. The molecule has 1 aliphatic carbocycles. The van der Waals surface area contributed by atoms with Crippen molar-refractivity contribution in [2.24, 2.45) is 5.11 Å². The van der Waals surface area contributed by atoms with E-state index in [2.05, 4.69) is 43.9 Å². The molecule has 2 aliphatic heterocycles. The molecule has 6 nitrogen and oxygen atoms in total. The molecule has 0 spiro atoms. The summed E-state index contributed by atoms with van der Waals surface area (Å²) in [7, 11) is 0.0369. The Morgan fingerprint density at radius 1 is 1.45 bits per heavy atom. The molecule has 1 saturated carbocycles. The molecule has 2 saturated heterocycles. The second-order valence-corrected chi connectivity index (χ2v) is 12.5. The van der Waals surface area contributed by atoms with Gasteiger partial charge in [-0.2, -0.15) is 0 Å². The van der Waals surface area contributed by atoms with Gasteiger partial charge in [-0.3, -0.25) is 0 Å². The molecule has 3 fully saturated rings. The summed E-state index contributed by atoms with van der Waals surface area (Å²) < 4.78 is 18.3. The van der Waals surface area contributed by atoms with Gasteiger partial charge < -0.3 is 13.9 Å². The number of hydrogen-bond donors (Lipinski definition) is 0. The van der Waals surface area contributed by atoms with Crippen LogP contribution in [-0.4, -0.2) is 52.1 Å². The molecular formula is C12H22BN3O3Si. The Morgan fingerprint density at radius 2 is 2.10 bits per heavy atom. The van der Waals surface area contributed by atoms with Gasteiger partial charge in [0.1, 0.15) is 19.0 Å². The molecule has 0 radical (unpaired) electrons. The molecule has 0 aromatic heterocycles. The Kier molecular flexibility index (Phi) is 2.75. The van der Waals surface area contributed by atoms with Crippen LogP contribution in [0.25, 0.3) is 10.4 Å². The van der Waals surface area contributed by atoms with Crippen molar-refractivity contribution in [3.8, 4) is 0 Å². The first-order valence-corrected chi connectivity index (χ1v) is 10.1. The van der Waals surface area contributed by atoms with Crippen molar-refractivity contribution >= 4 is 16.2 Å². The normalized spacial score (nSPS) is 46.0. The van der Waals surface area contributed by atoms with Crippen molar-refractivity contribution in [2.75, 3.05) is 6.61 Å². The van der Waals surface area contributed by atoms with Gasteiger partial charge >= 0.3 is 0 Å². The molecule has 0 amide bonds. The molecule has 110 valence electrons. The first kappa shape index (κ1) is 14.4. The summed E-state index contributed by atoms with van der Waals surface area (Å²) in [6.45, 7) is 11.5. The zero-order chi connectivity index (χ0) is 15.0. The van der Waals surface area contributed by atoms with Gasteiger partial charge in [-0.05, 0) is 23.7 Å². The Morgan fingerprint density at radius 3 is 2.60 bits per heavy atom. The molecule has 3 rings (SSSR count). The van der Waals surface area contributed by atoms with Crippen LogP contribution < -0.4 is 0 Å². The quantitative estimate of drug-likeness (QED) is 0.343. The molecule has 5 atom stereocenters. The van der Waals surface area contributed by atoms with E-state index in [4.69, 9.17) is 19.4 Å². The maximum Gasteiger partial charge on any atom is 0.192 e. The van der Waals surface area contributed by atoms with Gasteiger partial charge in [0.15, 0.2) is 8.32 Å². The summed E-state index contributed by atoms with van der Waals surface area (Å²) in [6, 6.07) is -0.0338. The van der Waals surface area contributed by atoms with Crippen molar-refractivity contribution < 1.29 is 13.9 Å². The molecular weight excluding hydrogens is 273 g/mol. The van der Waals surface area contributed by atoms with E-state index >= 15 is 0 Å². The van der Waals surface area contributed by atoms with Crippen molar-refractivity contribution in [3.05, 3.63) is 10.4 Å². The average molecular weight is 295 g/mol. The molecule has 8 heteroatoms. The van der Waals surface area contributed by atoms with Crippen LogP contribution in [0.1, 0.15) is 20.8 Å². The summed E-state index contributed by atoms with van der Waals surface area (Å²) in [6.07, 6.45) is -0.324. The topological polar surface area (TPSA) is 76.5 Å². The fraction of sp³-hybridized carbons (Fsp3) is 1.00. The Labute approximate surface area is 121 Å². The van der Waals surface area contributed by atoms with Crippen LogP contribution in [0, 0.1) is 0 Å². The van der Waals surface area contributed by atoms with Gasteiger partial charge in [-0.1, -0.05) is 25.9 Å². The zero-order valence-electron chi connectivity index (χ0n) is 13.0. The van der Waals surface area contributed by atoms with Crippen molar-refractivity contribution in [2.45, 2.75) is 68.3 Å². The van der Waals surface area contributed by atoms with Crippen molar-refractivity contribution in [1.29, 1.82) is 0 Å². The molecule has 2 heterocycles. The zero-order valence-corrected chi connectivity index (χ0v) is 14.0. The van der Waals surface area contributed by atoms with Crippen LogP contribution in [0.15, 0.2) is 5.11 Å². The highest BCUT2D eigenvalue weighted by Gasteiger charge is 2.91. The number of nitrogens with zero attached hydrogens (tertiary/aromatic N) is 3. The fourth-order valence-corrected chi connectivity index (χ4v) is 4.72. The van der Waals surface area contributed by atoms with Crippen LogP contribution in [0.5, 0.6) is 0 Å². The minimum Gasteiger partial charge on any atom is -0.410 e. The second kappa shape index (κ2) is 3.81. The molecule has 2 unspecified atom stereocenters. The minimum atomic E-state index is -1.93. The number of rotatable bonds is 3. The highest BCUT2D eigenvalue weighted by molar-refractivity contribution is 6.74. The highest BCUT2D eigenvalue weighted by Crippen LogP contribution is 2.69. The molecule has 0 aromatic rings. The third kappa shape index (κ3) is 1.44. The third-order valence-electron chi connectivity index (χ3n) is 5.58. The standard InChI is InChI=1S/C12H22BN3O3Si/c1-10(2,3)20(4,5)19-9-11-6-17-7(8(13)18-11)12(9,11)15-16-14/h7-9H,6,13H2,1-5H3/t7-,8+,9?,11+,12?/m0/s1. The van der Waals surface area contributed by atoms with Gasteiger partial charge in [0.2, 0.25) is 0 Å². The summed E-state index contributed by atoms with van der Waals surface area (Å²) in [4.78, 5) is 3.04. The van der Waals surface area contributed by atoms with Crippen LogP contribution in [0.4, 0.5) is 0 Å². The van der Waals surface area contributed by atoms with Gasteiger partial charge in [0, 0.05) is 4.91 Å². The predicted molar refractivity (Wildman–Crippen MR) is 79.8 cm³/mol. The molecule has 3 aliphatic rings. The van der Waals surface area contributed by atoms with E-state index in [9.17, 15) is 0 Å². The van der Waals surface area contributed by atoms with Crippen LogP contribution >= 0.6 is 0 Å². The van der Waals surface area contributed by atoms with E-state index in [0.29, 0.717) is 6.61 Å². The van der Waals surface area contributed by atoms with E-state index in [0.717, 1.165) is 0 Å². The van der Waals surface area contributed by atoms with Gasteiger partial charge in [-0.25, -0.2) is 0 Å². The molecule has 0 N–H and O–H groups in total. The van der Waals surface area contributed by atoms with Gasteiger partial charge in [-0.15, -0.1) is 0 Å². The van der Waals surface area contributed by atoms with E-state index in [1.165, 1.54) is 0 Å². The number of ether oxygens (including phenoxy) is 2. The summed E-state index contributed by atoms with van der Waals surface area (Å²) in [5, 5.41) is 4.19. The second-order valence-electron chi connectivity index (χ2n) is 7.72. The predicted octanol–water partition coefficient (Wildman–Crippen LogP) is 1.57. The summed E-state index contributed by atoms with van der Waals surface area (Å²) in [5.41, 5.74) is 7.76. The Hall–Kier alpha value is -0.528. The first-order chi connectivity index (χ1) is 9.12. The largest absolute Gasteiger partial charge is 0.410 e. The summed E-state index contributed by atoms with van der Waals surface area (Å²) in [5.74, 6) is 0. The molecule has 20 heavy (non-hydrogen) atoms. The van der Waals surface area contributed by atoms with Gasteiger partial charge in [0.05, 0.1) is 24.8 Å². The monoisotopic (exact) mass is 295 g/mol. The molecule has 2 bridgehead atoms. The maximum absolute atomic E-state index is 8.94. The molecule has 0 aromatic carbocycles. The van der Waals surface area contributed by atoms with E-state index in [1.807, 2.05) is 7.85 Å². The lowest BCUT2D eigenvalue weighted by atomic mass is 9.90. The maximum atomic E-state index is 8.94. The third-order valence-corrected chi connectivity index (χ3v) is 10.0. The lowest BCUT2D eigenvalue weighted by Gasteiger charge is -2.39. The van der Waals surface area contributed by atoms with Crippen LogP contribution in [0.2, 0.25) is 18.1 Å². The number of hydrogen-bond acceptors (Lipinski definition) is 4. The number of azide groups is 1. The van der Waals surface area contributed by atoms with Crippen molar-refractivity contribution in [3.63, 3.8) is 0 Å². The minimum absolute atomic E-state index is 0.0338. The van der Waals surface area contributed by atoms with Gasteiger partial charge in [0.25, 0.3) is 0 Å². The smallest absolute Gasteiger partial charge is 0.192 e. The van der Waals surface area contributed by atoms with Crippen LogP contribution in [-0.2, 0) is 13.9 Å². The van der Waals surface area contributed by atoms with E-state index < -0.39 is 19.5 Å². The van der Waals surface area contributed by atoms with Crippen molar-refractivity contribution in [1.82, 2.24) is 0 Å². The highest BCUT2D eigenvalue weighted by atomic mass is 28.4.